The van der Waals surface area contributed by atoms with E-state index in [4.69, 9.17) is 4.42 Å². The zero-order valence-electron chi connectivity index (χ0n) is 15.5. The van der Waals surface area contributed by atoms with Gasteiger partial charge in [0.05, 0.1) is 27.7 Å². The number of benzene rings is 2. The van der Waals surface area contributed by atoms with E-state index in [0.717, 1.165) is 10.9 Å². The second-order valence-electron chi connectivity index (χ2n) is 7.00. The van der Waals surface area contributed by atoms with Crippen LogP contribution in [0.4, 0.5) is 0 Å². The molecule has 0 atom stereocenters. The van der Waals surface area contributed by atoms with Gasteiger partial charge in [-0.15, -0.1) is 0 Å². The fourth-order valence-corrected chi connectivity index (χ4v) is 3.33. The molecule has 136 valence electrons. The van der Waals surface area contributed by atoms with Crippen molar-refractivity contribution in [2.45, 2.75) is 13.5 Å². The lowest BCUT2D eigenvalue weighted by atomic mass is 10.0. The number of hydrogen-bond donors (Lipinski definition) is 1. The van der Waals surface area contributed by atoms with E-state index in [0.29, 0.717) is 39.9 Å². The topological polar surface area (TPSA) is 66.6 Å². The zero-order valence-corrected chi connectivity index (χ0v) is 15.5. The maximum Gasteiger partial charge on any atom is 0.202 e. The summed E-state index contributed by atoms with van der Waals surface area (Å²) in [5.74, 6) is 0.163. The molecular formula is C22H20N2O3. The highest BCUT2D eigenvalue weighted by molar-refractivity contribution is 5.87. The Kier molecular flexibility index (Phi) is 4.16. The molecule has 2 aromatic heterocycles. The van der Waals surface area contributed by atoms with Crippen LogP contribution in [0.5, 0.6) is 5.75 Å². The van der Waals surface area contributed by atoms with E-state index in [9.17, 15) is 9.90 Å². The van der Waals surface area contributed by atoms with Crippen molar-refractivity contribution in [2.75, 3.05) is 14.1 Å². The maximum absolute atomic E-state index is 13.2. The molecule has 0 saturated carbocycles. The largest absolute Gasteiger partial charge is 0.507 e. The molecule has 0 spiro atoms. The predicted octanol–water partition coefficient (Wildman–Crippen LogP) is 4.08. The van der Waals surface area contributed by atoms with Crippen LogP contribution in [-0.4, -0.2) is 29.1 Å². The maximum atomic E-state index is 13.2. The molecular weight excluding hydrogens is 340 g/mol. The van der Waals surface area contributed by atoms with Gasteiger partial charge >= 0.3 is 0 Å². The van der Waals surface area contributed by atoms with Crippen molar-refractivity contribution in [3.63, 3.8) is 0 Å². The first-order chi connectivity index (χ1) is 13.0. The van der Waals surface area contributed by atoms with E-state index in [1.54, 1.807) is 13.0 Å². The summed E-state index contributed by atoms with van der Waals surface area (Å²) in [5, 5.41) is 11.9. The molecule has 4 rings (SSSR count). The molecule has 0 aliphatic rings. The summed E-state index contributed by atoms with van der Waals surface area (Å²) in [6.45, 7) is 2.26. The molecule has 0 amide bonds. The first kappa shape index (κ1) is 17.2. The second kappa shape index (κ2) is 6.52. The number of phenolic OH excluding ortho intramolecular Hbond substituents is 1. The number of nitrogens with zero attached hydrogens (tertiary/aromatic N) is 2. The zero-order chi connectivity index (χ0) is 19.1. The number of aromatic hydroxyl groups is 1. The van der Waals surface area contributed by atoms with Crippen LogP contribution in [0.15, 0.2) is 57.9 Å². The minimum atomic E-state index is -0.151. The molecule has 2 aromatic carbocycles. The van der Waals surface area contributed by atoms with Crippen LogP contribution in [0.3, 0.4) is 0 Å². The monoisotopic (exact) mass is 360 g/mol. The number of rotatable bonds is 3. The standard InChI is InChI=1S/C22H20N2O3/c1-13-10-15-21(26)17(12-27-22(15)16(20(13)25)11-24(2)3)19-9-8-14-6-4-5-7-18(14)23-19/h4-10,12,25H,11H2,1-3H3. The lowest BCUT2D eigenvalue weighted by Crippen LogP contribution is -2.13. The van der Waals surface area contributed by atoms with Crippen LogP contribution >= 0.6 is 0 Å². The molecule has 27 heavy (non-hydrogen) atoms. The van der Waals surface area contributed by atoms with E-state index in [1.807, 2.05) is 55.4 Å². The molecule has 0 aliphatic heterocycles. The summed E-state index contributed by atoms with van der Waals surface area (Å²) >= 11 is 0. The SMILES string of the molecule is Cc1cc2c(=O)c(-c3ccc4ccccc4n3)coc2c(CN(C)C)c1O. The van der Waals surface area contributed by atoms with Crippen LogP contribution in [0.25, 0.3) is 33.1 Å². The van der Waals surface area contributed by atoms with Gasteiger partial charge in [-0.2, -0.15) is 0 Å². The minimum Gasteiger partial charge on any atom is -0.507 e. The van der Waals surface area contributed by atoms with E-state index in [-0.39, 0.29) is 11.2 Å². The molecule has 5 heteroatoms. The number of aryl methyl sites for hydroxylation is 1. The molecule has 5 nitrogen and oxygen atoms in total. The Morgan fingerprint density at radius 1 is 1.15 bits per heavy atom. The van der Waals surface area contributed by atoms with E-state index in [2.05, 4.69) is 4.98 Å². The van der Waals surface area contributed by atoms with Gasteiger partial charge in [0.2, 0.25) is 5.43 Å². The molecule has 0 saturated heterocycles. The number of hydrogen-bond acceptors (Lipinski definition) is 5. The van der Waals surface area contributed by atoms with Gasteiger partial charge in [-0.3, -0.25) is 4.79 Å². The highest BCUT2D eigenvalue weighted by Crippen LogP contribution is 2.31. The number of phenols is 1. The van der Waals surface area contributed by atoms with E-state index < -0.39 is 0 Å². The Morgan fingerprint density at radius 2 is 1.93 bits per heavy atom. The average Bonchev–Trinajstić information content (AvgIpc) is 2.66. The highest BCUT2D eigenvalue weighted by atomic mass is 16.3. The van der Waals surface area contributed by atoms with Gasteiger partial charge in [0.1, 0.15) is 17.6 Å². The summed E-state index contributed by atoms with van der Waals surface area (Å²) in [4.78, 5) is 19.7. The number of aromatic nitrogens is 1. The Labute approximate surface area is 156 Å². The van der Waals surface area contributed by atoms with Crippen molar-refractivity contribution >= 4 is 21.9 Å². The minimum absolute atomic E-state index is 0.151. The van der Waals surface area contributed by atoms with Crippen molar-refractivity contribution in [2.24, 2.45) is 0 Å². The van der Waals surface area contributed by atoms with Crippen LogP contribution in [0.2, 0.25) is 0 Å². The van der Waals surface area contributed by atoms with Crippen molar-refractivity contribution in [3.05, 3.63) is 70.1 Å². The third-order valence-corrected chi connectivity index (χ3v) is 4.67. The fraction of sp³-hybridized carbons (Fsp3) is 0.182. The number of pyridine rings is 1. The lowest BCUT2D eigenvalue weighted by Gasteiger charge is -2.15. The van der Waals surface area contributed by atoms with Gasteiger partial charge < -0.3 is 14.4 Å². The van der Waals surface area contributed by atoms with Gasteiger partial charge in [-0.05, 0) is 44.8 Å². The van der Waals surface area contributed by atoms with Crippen molar-refractivity contribution in [3.8, 4) is 17.0 Å². The van der Waals surface area contributed by atoms with Crippen LogP contribution in [0, 0.1) is 6.92 Å². The normalized spacial score (nSPS) is 11.6. The summed E-state index contributed by atoms with van der Waals surface area (Å²) < 4.78 is 5.83. The Bertz CT molecular complexity index is 1230. The quantitative estimate of drug-likeness (QED) is 0.596. The van der Waals surface area contributed by atoms with Crippen LogP contribution in [-0.2, 0) is 6.54 Å². The number of para-hydroxylation sites is 1. The molecule has 0 bridgehead atoms. The Balaban J connectivity index is 1.96. The molecule has 1 N–H and O–H groups in total. The Morgan fingerprint density at radius 3 is 2.70 bits per heavy atom. The summed E-state index contributed by atoms with van der Waals surface area (Å²) in [6.07, 6.45) is 1.44. The van der Waals surface area contributed by atoms with Crippen molar-refractivity contribution < 1.29 is 9.52 Å². The molecule has 0 unspecified atom stereocenters. The van der Waals surface area contributed by atoms with Crippen LogP contribution in [0.1, 0.15) is 11.1 Å². The van der Waals surface area contributed by atoms with E-state index in [1.165, 1.54) is 6.26 Å². The van der Waals surface area contributed by atoms with E-state index >= 15 is 0 Å². The van der Waals surface area contributed by atoms with Gasteiger partial charge in [0, 0.05) is 11.9 Å². The number of fused-ring (bicyclic) bond motifs is 2. The highest BCUT2D eigenvalue weighted by Gasteiger charge is 2.18. The lowest BCUT2D eigenvalue weighted by molar-refractivity contribution is 0.383. The summed E-state index contributed by atoms with van der Waals surface area (Å²) in [7, 11) is 3.80. The second-order valence-corrected chi connectivity index (χ2v) is 7.00. The molecule has 0 aliphatic carbocycles. The van der Waals surface area contributed by atoms with Gasteiger partial charge in [0.15, 0.2) is 0 Å². The first-order valence-corrected chi connectivity index (χ1v) is 8.73. The smallest absolute Gasteiger partial charge is 0.202 e. The van der Waals surface area contributed by atoms with Crippen molar-refractivity contribution in [1.29, 1.82) is 0 Å². The van der Waals surface area contributed by atoms with Crippen LogP contribution < -0.4 is 5.43 Å². The molecule has 0 radical (unpaired) electrons. The average molecular weight is 360 g/mol. The summed E-state index contributed by atoms with van der Waals surface area (Å²) in [6, 6.07) is 13.2. The summed E-state index contributed by atoms with van der Waals surface area (Å²) in [5.41, 5.74) is 3.34. The molecule has 4 aromatic rings. The van der Waals surface area contributed by atoms with Gasteiger partial charge in [-0.25, -0.2) is 4.98 Å². The van der Waals surface area contributed by atoms with Gasteiger partial charge in [0.25, 0.3) is 0 Å². The Hall–Kier alpha value is -3.18. The van der Waals surface area contributed by atoms with Gasteiger partial charge in [-0.1, -0.05) is 24.3 Å². The fourth-order valence-electron chi connectivity index (χ4n) is 3.33. The third kappa shape index (κ3) is 2.96. The van der Waals surface area contributed by atoms with Crippen molar-refractivity contribution in [1.82, 2.24) is 9.88 Å². The molecule has 0 fully saturated rings. The third-order valence-electron chi connectivity index (χ3n) is 4.67. The first-order valence-electron chi connectivity index (χ1n) is 8.73. The molecule has 2 heterocycles. The predicted molar refractivity (Wildman–Crippen MR) is 107 cm³/mol.